The molecule has 1 unspecified atom stereocenters. The molecule has 0 spiro atoms. The highest BCUT2D eigenvalue weighted by atomic mass is 32.1. The first-order valence-electron chi connectivity index (χ1n) is 8.33. The van der Waals surface area contributed by atoms with Gasteiger partial charge in [-0.15, -0.1) is 11.3 Å². The average molecular weight is 393 g/mol. The van der Waals surface area contributed by atoms with Crippen LogP contribution in [0.1, 0.15) is 49.1 Å². The number of nitrogens with one attached hydrogen (secondary N) is 1. The van der Waals surface area contributed by atoms with Crippen LogP contribution in [0, 0.1) is 0 Å². The first-order valence-corrected chi connectivity index (χ1v) is 9.21. The number of anilines is 1. The van der Waals surface area contributed by atoms with Crippen LogP contribution in [0.2, 0.25) is 0 Å². The second-order valence-electron chi connectivity index (χ2n) is 6.31. The maximum atomic E-state index is 13.3. The summed E-state index contributed by atoms with van der Waals surface area (Å²) in [4.78, 5) is 16.4. The van der Waals surface area contributed by atoms with Crippen LogP contribution >= 0.6 is 11.3 Å². The van der Waals surface area contributed by atoms with Gasteiger partial charge in [0, 0.05) is 23.6 Å². The zero-order chi connectivity index (χ0) is 19.6. The van der Waals surface area contributed by atoms with Gasteiger partial charge in [-0.25, -0.2) is 15.0 Å². The van der Waals surface area contributed by atoms with Crippen LogP contribution in [0.3, 0.4) is 0 Å². The van der Waals surface area contributed by atoms with E-state index in [-0.39, 0.29) is 23.4 Å². The Bertz CT molecular complexity index is 909. The number of nitrogens with zero attached hydrogens (tertiary/aromatic N) is 4. The van der Waals surface area contributed by atoms with Crippen LogP contribution in [-0.4, -0.2) is 19.9 Å². The summed E-state index contributed by atoms with van der Waals surface area (Å²) < 4.78 is 39.8. The Morgan fingerprint density at radius 3 is 2.44 bits per heavy atom. The van der Waals surface area contributed by atoms with Crippen molar-refractivity contribution in [3.63, 3.8) is 0 Å². The van der Waals surface area contributed by atoms with E-state index in [4.69, 9.17) is 0 Å². The van der Waals surface area contributed by atoms with Gasteiger partial charge in [-0.1, -0.05) is 19.9 Å². The summed E-state index contributed by atoms with van der Waals surface area (Å²) in [6.07, 6.45) is -3.10. The van der Waals surface area contributed by atoms with Gasteiger partial charge >= 0.3 is 6.18 Å². The summed E-state index contributed by atoms with van der Waals surface area (Å²) in [5, 5.41) is 5.88. The predicted molar refractivity (Wildman–Crippen MR) is 98.5 cm³/mol. The molecule has 3 rings (SSSR count). The molecule has 0 aromatic carbocycles. The lowest BCUT2D eigenvalue weighted by Crippen LogP contribution is -2.14. The molecule has 0 saturated heterocycles. The Hall–Kier alpha value is -2.55. The van der Waals surface area contributed by atoms with Gasteiger partial charge in [0.25, 0.3) is 0 Å². The van der Waals surface area contributed by atoms with Crippen molar-refractivity contribution in [3.05, 3.63) is 52.2 Å². The predicted octanol–water partition coefficient (Wildman–Crippen LogP) is 5.31. The van der Waals surface area contributed by atoms with Crippen molar-refractivity contribution in [1.29, 1.82) is 0 Å². The third kappa shape index (κ3) is 4.60. The van der Waals surface area contributed by atoms with Crippen molar-refractivity contribution in [3.8, 4) is 11.5 Å². The van der Waals surface area contributed by atoms with Crippen molar-refractivity contribution in [2.24, 2.45) is 0 Å². The molecule has 142 valence electrons. The van der Waals surface area contributed by atoms with Crippen molar-refractivity contribution in [1.82, 2.24) is 19.9 Å². The van der Waals surface area contributed by atoms with Gasteiger partial charge in [-0.05, 0) is 19.1 Å². The first-order chi connectivity index (χ1) is 12.7. The van der Waals surface area contributed by atoms with Crippen molar-refractivity contribution < 1.29 is 13.2 Å². The number of hydrogen-bond donors (Lipinski definition) is 1. The second kappa shape index (κ2) is 7.59. The fourth-order valence-electron chi connectivity index (χ4n) is 2.34. The Morgan fingerprint density at radius 2 is 1.85 bits per heavy atom. The van der Waals surface area contributed by atoms with Crippen molar-refractivity contribution >= 4 is 17.2 Å². The number of alkyl halides is 3. The van der Waals surface area contributed by atoms with E-state index in [2.05, 4.69) is 25.3 Å². The van der Waals surface area contributed by atoms with E-state index in [1.165, 1.54) is 17.5 Å². The van der Waals surface area contributed by atoms with Crippen LogP contribution in [0.25, 0.3) is 11.5 Å². The molecule has 0 aliphatic heterocycles. The number of hydrogen-bond acceptors (Lipinski definition) is 6. The molecule has 0 aliphatic rings. The lowest BCUT2D eigenvalue weighted by atomic mass is 10.2. The van der Waals surface area contributed by atoms with Crippen LogP contribution in [0.4, 0.5) is 19.0 Å². The van der Waals surface area contributed by atoms with E-state index in [0.29, 0.717) is 5.92 Å². The monoisotopic (exact) mass is 393 g/mol. The van der Waals surface area contributed by atoms with Gasteiger partial charge in [0.1, 0.15) is 11.5 Å². The Labute approximate surface area is 158 Å². The standard InChI is InChI=1S/C18H18F3N5S/c1-10(2)17-24-13(9-27-17)11(3)23-15-8-14(18(19,20)21)25-16(26-15)12-6-4-5-7-22-12/h4-11H,1-3H3,(H,23,25,26). The molecule has 0 saturated carbocycles. The van der Waals surface area contributed by atoms with Crippen molar-refractivity contribution in [2.75, 3.05) is 5.32 Å². The van der Waals surface area contributed by atoms with E-state index >= 15 is 0 Å². The lowest BCUT2D eigenvalue weighted by Gasteiger charge is -2.15. The van der Waals surface area contributed by atoms with Crippen molar-refractivity contribution in [2.45, 2.75) is 38.9 Å². The minimum atomic E-state index is -4.59. The normalized spacial score (nSPS) is 13.0. The van der Waals surface area contributed by atoms with E-state index in [9.17, 15) is 13.2 Å². The van der Waals surface area contributed by atoms with Gasteiger partial charge < -0.3 is 5.32 Å². The fraction of sp³-hybridized carbons (Fsp3) is 0.333. The molecule has 0 fully saturated rings. The van der Waals surface area contributed by atoms with E-state index in [1.807, 2.05) is 26.2 Å². The summed E-state index contributed by atoms with van der Waals surface area (Å²) in [5.41, 5.74) is 0.0133. The zero-order valence-electron chi connectivity index (χ0n) is 14.9. The number of aromatic nitrogens is 4. The highest BCUT2D eigenvalue weighted by Gasteiger charge is 2.34. The Kier molecular flexibility index (Phi) is 5.41. The summed E-state index contributed by atoms with van der Waals surface area (Å²) in [5.74, 6) is 0.286. The highest BCUT2D eigenvalue weighted by Crippen LogP contribution is 2.31. The van der Waals surface area contributed by atoms with Gasteiger partial charge in [-0.3, -0.25) is 4.98 Å². The molecule has 3 aromatic heterocycles. The smallest absolute Gasteiger partial charge is 0.362 e. The molecule has 27 heavy (non-hydrogen) atoms. The van der Waals surface area contributed by atoms with Gasteiger partial charge in [0.05, 0.1) is 16.7 Å². The molecule has 3 aromatic rings. The molecule has 0 aliphatic carbocycles. The average Bonchev–Trinajstić information content (AvgIpc) is 3.12. The summed E-state index contributed by atoms with van der Waals surface area (Å²) >= 11 is 1.53. The molecule has 5 nitrogen and oxygen atoms in total. The van der Waals surface area contributed by atoms with Gasteiger partial charge in [0.15, 0.2) is 11.5 Å². The van der Waals surface area contributed by atoms with Gasteiger partial charge in [0.2, 0.25) is 0 Å². The zero-order valence-corrected chi connectivity index (χ0v) is 15.8. The number of halogens is 3. The molecule has 1 N–H and O–H groups in total. The molecule has 3 heterocycles. The van der Waals surface area contributed by atoms with E-state index < -0.39 is 11.9 Å². The molecular formula is C18H18F3N5S. The van der Waals surface area contributed by atoms with Gasteiger partial charge in [-0.2, -0.15) is 13.2 Å². The van der Waals surface area contributed by atoms with Crippen LogP contribution < -0.4 is 5.32 Å². The molecule has 0 amide bonds. The minimum absolute atomic E-state index is 0.0737. The number of rotatable bonds is 5. The van der Waals surface area contributed by atoms with Crippen LogP contribution in [-0.2, 0) is 6.18 Å². The molecule has 0 bridgehead atoms. The molecule has 0 radical (unpaired) electrons. The minimum Gasteiger partial charge on any atom is -0.362 e. The SMILES string of the molecule is CC(C)c1nc(C(C)Nc2cc(C(F)(F)F)nc(-c3ccccn3)n2)cs1. The third-order valence-electron chi connectivity index (χ3n) is 3.75. The molecule has 9 heteroatoms. The first kappa shape index (κ1) is 19.2. The summed E-state index contributed by atoms with van der Waals surface area (Å²) in [6, 6.07) is 5.51. The lowest BCUT2D eigenvalue weighted by molar-refractivity contribution is -0.141. The molecular weight excluding hydrogens is 375 g/mol. The quantitative estimate of drug-likeness (QED) is 0.636. The maximum Gasteiger partial charge on any atom is 0.433 e. The Morgan fingerprint density at radius 1 is 1.07 bits per heavy atom. The third-order valence-corrected chi connectivity index (χ3v) is 4.92. The fourth-order valence-corrected chi connectivity index (χ4v) is 3.27. The van der Waals surface area contributed by atoms with Crippen LogP contribution in [0.5, 0.6) is 0 Å². The number of pyridine rings is 1. The molecule has 1 atom stereocenters. The van der Waals surface area contributed by atoms with E-state index in [0.717, 1.165) is 16.8 Å². The largest absolute Gasteiger partial charge is 0.433 e. The van der Waals surface area contributed by atoms with E-state index in [1.54, 1.807) is 18.2 Å². The van der Waals surface area contributed by atoms with Crippen LogP contribution in [0.15, 0.2) is 35.8 Å². The number of thiazole rings is 1. The highest BCUT2D eigenvalue weighted by molar-refractivity contribution is 7.09. The second-order valence-corrected chi connectivity index (χ2v) is 7.20. The summed E-state index contributed by atoms with van der Waals surface area (Å²) in [6.45, 7) is 5.91. The summed E-state index contributed by atoms with van der Waals surface area (Å²) in [7, 11) is 0. The topological polar surface area (TPSA) is 63.6 Å². The maximum absolute atomic E-state index is 13.3. The Balaban J connectivity index is 1.94.